The molecule has 0 aromatic rings. The Bertz CT molecular complexity index is 170. The van der Waals surface area contributed by atoms with Crippen LogP contribution in [0.2, 0.25) is 0 Å². The van der Waals surface area contributed by atoms with E-state index in [1.165, 1.54) is 31.4 Å². The molecule has 1 aliphatic heterocycles. The average Bonchev–Trinajstić information content (AvgIpc) is 2.05. The van der Waals surface area contributed by atoms with Gasteiger partial charge in [-0.05, 0) is 25.0 Å². The number of allylic oxidation sites excluding steroid dienone is 2. The third-order valence-corrected chi connectivity index (χ3v) is 2.34. The molecule has 12 heavy (non-hydrogen) atoms. The summed E-state index contributed by atoms with van der Waals surface area (Å²) in [6, 6.07) is 0. The van der Waals surface area contributed by atoms with Gasteiger partial charge in [-0.2, -0.15) is 0 Å². The predicted molar refractivity (Wildman–Crippen MR) is 53.7 cm³/mol. The largest absolute Gasteiger partial charge is 0.366 e. The maximum Gasteiger partial charge on any atom is 0.00791 e. The summed E-state index contributed by atoms with van der Waals surface area (Å²) in [6.45, 7) is 6.18. The second-order valence-electron chi connectivity index (χ2n) is 3.57. The molecular formula is C11H19N. The van der Waals surface area contributed by atoms with Crippen molar-refractivity contribution in [2.75, 3.05) is 0 Å². The molecule has 0 aromatic heterocycles. The van der Waals surface area contributed by atoms with Crippen molar-refractivity contribution in [3.63, 3.8) is 0 Å². The first-order chi connectivity index (χ1) is 5.83. The standard InChI is InChI=1S/C11H19N/c1-3-4-5-6-11-7-8-12-10(2)9-11/h7-8,11-12H,2-6,9H2,1H3. The smallest absolute Gasteiger partial charge is 0.00791 e. The van der Waals surface area contributed by atoms with E-state index in [0.717, 1.165) is 12.3 Å². The van der Waals surface area contributed by atoms with Gasteiger partial charge in [0.2, 0.25) is 0 Å². The lowest BCUT2D eigenvalue weighted by Crippen LogP contribution is -2.14. The van der Waals surface area contributed by atoms with Crippen molar-refractivity contribution in [2.45, 2.75) is 39.0 Å². The van der Waals surface area contributed by atoms with Gasteiger partial charge in [-0.25, -0.2) is 0 Å². The molecule has 0 fully saturated rings. The van der Waals surface area contributed by atoms with E-state index in [1.54, 1.807) is 0 Å². The predicted octanol–water partition coefficient (Wildman–Crippen LogP) is 3.20. The van der Waals surface area contributed by atoms with E-state index in [9.17, 15) is 0 Å². The molecule has 0 aliphatic carbocycles. The fourth-order valence-electron chi connectivity index (χ4n) is 1.60. The van der Waals surface area contributed by atoms with E-state index in [2.05, 4.69) is 24.9 Å². The highest BCUT2D eigenvalue weighted by atomic mass is 14.9. The van der Waals surface area contributed by atoms with Crippen LogP contribution >= 0.6 is 0 Å². The molecule has 1 rings (SSSR count). The maximum absolute atomic E-state index is 3.93. The highest BCUT2D eigenvalue weighted by Crippen LogP contribution is 2.20. The highest BCUT2D eigenvalue weighted by Gasteiger charge is 2.09. The molecular weight excluding hydrogens is 146 g/mol. The van der Waals surface area contributed by atoms with Gasteiger partial charge in [-0.15, -0.1) is 0 Å². The van der Waals surface area contributed by atoms with Crippen molar-refractivity contribution in [2.24, 2.45) is 5.92 Å². The van der Waals surface area contributed by atoms with Crippen LogP contribution in [0.4, 0.5) is 0 Å². The zero-order valence-electron chi connectivity index (χ0n) is 7.97. The van der Waals surface area contributed by atoms with E-state index in [1.807, 2.05) is 6.20 Å². The Balaban J connectivity index is 2.19. The van der Waals surface area contributed by atoms with Crippen molar-refractivity contribution < 1.29 is 0 Å². The zero-order valence-corrected chi connectivity index (χ0v) is 7.97. The van der Waals surface area contributed by atoms with Crippen LogP contribution in [0.1, 0.15) is 39.0 Å². The molecule has 0 aromatic carbocycles. The van der Waals surface area contributed by atoms with Gasteiger partial charge in [0.25, 0.3) is 0 Å². The Hall–Kier alpha value is -0.720. The van der Waals surface area contributed by atoms with E-state index in [0.29, 0.717) is 0 Å². The summed E-state index contributed by atoms with van der Waals surface area (Å²) in [6.07, 6.45) is 10.8. The Morgan fingerprint density at radius 3 is 3.08 bits per heavy atom. The lowest BCUT2D eigenvalue weighted by Gasteiger charge is -2.18. The minimum atomic E-state index is 0.741. The molecule has 0 spiro atoms. The Kier molecular flexibility index (Phi) is 3.92. The van der Waals surface area contributed by atoms with Gasteiger partial charge in [0.1, 0.15) is 0 Å². The monoisotopic (exact) mass is 165 g/mol. The van der Waals surface area contributed by atoms with Crippen LogP contribution in [0.3, 0.4) is 0 Å². The van der Waals surface area contributed by atoms with Gasteiger partial charge in [0.05, 0.1) is 0 Å². The summed E-state index contributed by atoms with van der Waals surface area (Å²) in [7, 11) is 0. The lowest BCUT2D eigenvalue weighted by atomic mass is 9.95. The summed E-state index contributed by atoms with van der Waals surface area (Å²) in [5.74, 6) is 0.741. The van der Waals surface area contributed by atoms with Crippen LogP contribution in [0.25, 0.3) is 0 Å². The molecule has 1 heterocycles. The van der Waals surface area contributed by atoms with Crippen molar-refractivity contribution in [1.29, 1.82) is 0 Å². The molecule has 0 radical (unpaired) electrons. The molecule has 68 valence electrons. The van der Waals surface area contributed by atoms with Crippen LogP contribution in [0.5, 0.6) is 0 Å². The summed E-state index contributed by atoms with van der Waals surface area (Å²) in [5, 5.41) is 3.13. The normalized spacial score (nSPS) is 22.4. The molecule has 0 saturated carbocycles. The van der Waals surface area contributed by atoms with Gasteiger partial charge in [0, 0.05) is 5.70 Å². The fraction of sp³-hybridized carbons (Fsp3) is 0.636. The number of rotatable bonds is 4. The van der Waals surface area contributed by atoms with Gasteiger partial charge in [0.15, 0.2) is 0 Å². The van der Waals surface area contributed by atoms with E-state index >= 15 is 0 Å². The fourth-order valence-corrected chi connectivity index (χ4v) is 1.60. The second kappa shape index (κ2) is 5.02. The van der Waals surface area contributed by atoms with E-state index in [4.69, 9.17) is 0 Å². The Morgan fingerprint density at radius 2 is 2.42 bits per heavy atom. The zero-order chi connectivity index (χ0) is 8.81. The topological polar surface area (TPSA) is 12.0 Å². The summed E-state index contributed by atoms with van der Waals surface area (Å²) in [4.78, 5) is 0. The lowest BCUT2D eigenvalue weighted by molar-refractivity contribution is 0.516. The van der Waals surface area contributed by atoms with Crippen molar-refractivity contribution >= 4 is 0 Å². The van der Waals surface area contributed by atoms with Gasteiger partial charge >= 0.3 is 0 Å². The third-order valence-electron chi connectivity index (χ3n) is 2.34. The average molecular weight is 165 g/mol. The summed E-state index contributed by atoms with van der Waals surface area (Å²) < 4.78 is 0. The Labute approximate surface area is 75.6 Å². The van der Waals surface area contributed by atoms with E-state index in [-0.39, 0.29) is 0 Å². The van der Waals surface area contributed by atoms with Crippen molar-refractivity contribution in [3.8, 4) is 0 Å². The maximum atomic E-state index is 3.93. The molecule has 1 heteroatoms. The van der Waals surface area contributed by atoms with E-state index < -0.39 is 0 Å². The van der Waals surface area contributed by atoms with Crippen LogP contribution in [0, 0.1) is 5.92 Å². The molecule has 0 amide bonds. The summed E-state index contributed by atoms with van der Waals surface area (Å²) >= 11 is 0. The molecule has 1 unspecified atom stereocenters. The van der Waals surface area contributed by atoms with Gasteiger partial charge in [-0.1, -0.05) is 38.8 Å². The minimum absolute atomic E-state index is 0.741. The van der Waals surface area contributed by atoms with Crippen LogP contribution in [0.15, 0.2) is 24.6 Å². The first-order valence-corrected chi connectivity index (χ1v) is 4.94. The van der Waals surface area contributed by atoms with Crippen molar-refractivity contribution in [1.82, 2.24) is 5.32 Å². The number of hydrogen-bond acceptors (Lipinski definition) is 1. The molecule has 1 N–H and O–H groups in total. The highest BCUT2D eigenvalue weighted by molar-refractivity contribution is 5.07. The molecule has 0 saturated heterocycles. The van der Waals surface area contributed by atoms with Crippen LogP contribution in [-0.4, -0.2) is 0 Å². The minimum Gasteiger partial charge on any atom is -0.366 e. The van der Waals surface area contributed by atoms with Crippen LogP contribution in [-0.2, 0) is 0 Å². The van der Waals surface area contributed by atoms with Crippen LogP contribution < -0.4 is 5.32 Å². The molecule has 1 aliphatic rings. The number of nitrogens with one attached hydrogen (secondary N) is 1. The number of unbranched alkanes of at least 4 members (excludes halogenated alkanes) is 2. The molecule has 0 bridgehead atoms. The SMILES string of the molecule is C=C1CC(CCCCC)C=CN1. The molecule has 1 atom stereocenters. The Morgan fingerprint density at radius 1 is 1.58 bits per heavy atom. The number of hydrogen-bond donors (Lipinski definition) is 1. The quantitative estimate of drug-likeness (QED) is 0.631. The second-order valence-corrected chi connectivity index (χ2v) is 3.57. The van der Waals surface area contributed by atoms with Gasteiger partial charge in [-0.3, -0.25) is 0 Å². The van der Waals surface area contributed by atoms with Gasteiger partial charge < -0.3 is 5.32 Å². The first kappa shape index (κ1) is 9.37. The molecule has 1 nitrogen and oxygen atoms in total. The summed E-state index contributed by atoms with van der Waals surface area (Å²) in [5.41, 5.74) is 1.17. The first-order valence-electron chi connectivity index (χ1n) is 4.94. The van der Waals surface area contributed by atoms with Crippen molar-refractivity contribution in [3.05, 3.63) is 24.6 Å². The third kappa shape index (κ3) is 3.12.